The number of esters is 1. The number of carbonyl (C=O) groups excluding carboxylic acids is 2. The highest BCUT2D eigenvalue weighted by Crippen LogP contribution is 2.27. The number of rotatable bonds is 5. The van der Waals surface area contributed by atoms with Crippen molar-refractivity contribution in [3.63, 3.8) is 0 Å². The summed E-state index contributed by atoms with van der Waals surface area (Å²) in [7, 11) is 3.00. The molecule has 0 spiro atoms. The van der Waals surface area contributed by atoms with Gasteiger partial charge in [-0.3, -0.25) is 4.79 Å². The number of carbonyl (C=O) groups is 2. The number of methoxy groups -OCH3 is 2. The van der Waals surface area contributed by atoms with Crippen molar-refractivity contribution in [2.24, 2.45) is 0 Å². The van der Waals surface area contributed by atoms with E-state index < -0.39 is 11.9 Å². The van der Waals surface area contributed by atoms with Crippen molar-refractivity contribution in [1.29, 1.82) is 0 Å². The second-order valence-electron chi connectivity index (χ2n) is 5.37. The first-order valence-corrected chi connectivity index (χ1v) is 8.02. The normalized spacial score (nSPS) is 10.6. The second-order valence-corrected chi connectivity index (χ2v) is 5.37. The first-order valence-electron chi connectivity index (χ1n) is 8.02. The maximum Gasteiger partial charge on any atom is 0.359 e. The third-order valence-electron chi connectivity index (χ3n) is 3.89. The van der Waals surface area contributed by atoms with E-state index in [-0.39, 0.29) is 12.3 Å². The predicted molar refractivity (Wildman–Crippen MR) is 95.0 cm³/mol. The summed E-state index contributed by atoms with van der Waals surface area (Å²) in [5.41, 5.74) is 0.915. The van der Waals surface area contributed by atoms with Gasteiger partial charge in [-0.2, -0.15) is 9.78 Å². The van der Waals surface area contributed by atoms with Crippen molar-refractivity contribution < 1.29 is 23.8 Å². The van der Waals surface area contributed by atoms with Gasteiger partial charge in [-0.15, -0.1) is 0 Å². The Bertz CT molecular complexity index is 977. The van der Waals surface area contributed by atoms with Gasteiger partial charge < -0.3 is 14.2 Å². The van der Waals surface area contributed by atoms with Crippen LogP contribution in [0.3, 0.4) is 0 Å². The Morgan fingerprint density at radius 3 is 2.54 bits per heavy atom. The molecule has 0 fully saturated rings. The SMILES string of the molecule is CCOC(=O)c1nn(C(=O)c2ccc(OC)cc2OC)c2ccccc12. The minimum Gasteiger partial charge on any atom is -0.497 e. The van der Waals surface area contributed by atoms with Gasteiger partial charge in [-0.05, 0) is 25.1 Å². The van der Waals surface area contributed by atoms with E-state index in [1.165, 1.54) is 18.9 Å². The van der Waals surface area contributed by atoms with Gasteiger partial charge in [-0.1, -0.05) is 18.2 Å². The van der Waals surface area contributed by atoms with Gasteiger partial charge in [0, 0.05) is 11.5 Å². The van der Waals surface area contributed by atoms with Crippen LogP contribution in [0.15, 0.2) is 42.5 Å². The molecule has 0 atom stereocenters. The minimum atomic E-state index is -0.572. The maximum atomic E-state index is 13.1. The predicted octanol–water partition coefficient (Wildman–Crippen LogP) is 2.92. The summed E-state index contributed by atoms with van der Waals surface area (Å²) in [6, 6.07) is 11.9. The van der Waals surface area contributed by atoms with E-state index in [9.17, 15) is 9.59 Å². The van der Waals surface area contributed by atoms with Crippen LogP contribution >= 0.6 is 0 Å². The van der Waals surface area contributed by atoms with Crippen LogP contribution < -0.4 is 9.47 Å². The van der Waals surface area contributed by atoms with Gasteiger partial charge in [0.05, 0.1) is 31.9 Å². The average molecular weight is 354 g/mol. The molecule has 2 aromatic carbocycles. The fourth-order valence-corrected chi connectivity index (χ4v) is 2.66. The number of fused-ring (bicyclic) bond motifs is 1. The van der Waals surface area contributed by atoms with Crippen molar-refractivity contribution in [3.8, 4) is 11.5 Å². The Kier molecular flexibility index (Phi) is 4.88. The molecule has 0 aliphatic heterocycles. The van der Waals surface area contributed by atoms with Gasteiger partial charge in [0.1, 0.15) is 11.5 Å². The molecule has 0 N–H and O–H groups in total. The molecule has 0 radical (unpaired) electrons. The number of nitrogens with zero attached hydrogens (tertiary/aromatic N) is 2. The zero-order chi connectivity index (χ0) is 18.7. The molecule has 0 unspecified atom stereocenters. The van der Waals surface area contributed by atoms with Crippen molar-refractivity contribution >= 4 is 22.8 Å². The first kappa shape index (κ1) is 17.5. The first-order chi connectivity index (χ1) is 12.6. The van der Waals surface area contributed by atoms with Gasteiger partial charge >= 0.3 is 5.97 Å². The smallest absolute Gasteiger partial charge is 0.359 e. The fourth-order valence-electron chi connectivity index (χ4n) is 2.66. The quantitative estimate of drug-likeness (QED) is 0.656. The average Bonchev–Trinajstić information content (AvgIpc) is 3.07. The van der Waals surface area contributed by atoms with E-state index in [0.717, 1.165) is 0 Å². The highest BCUT2D eigenvalue weighted by atomic mass is 16.5. The zero-order valence-electron chi connectivity index (χ0n) is 14.7. The molecule has 0 saturated carbocycles. The van der Waals surface area contributed by atoms with E-state index >= 15 is 0 Å². The Morgan fingerprint density at radius 1 is 1.08 bits per heavy atom. The number of hydrogen-bond acceptors (Lipinski definition) is 6. The monoisotopic (exact) mass is 354 g/mol. The van der Waals surface area contributed by atoms with Gasteiger partial charge in [-0.25, -0.2) is 4.79 Å². The van der Waals surface area contributed by atoms with Crippen LogP contribution in [0.5, 0.6) is 11.5 Å². The highest BCUT2D eigenvalue weighted by molar-refractivity contribution is 6.08. The molecule has 7 nitrogen and oxygen atoms in total. The van der Waals surface area contributed by atoms with Crippen molar-refractivity contribution in [2.45, 2.75) is 6.92 Å². The standard InChI is InChI=1S/C19H18N2O5/c1-4-26-19(23)17-13-7-5-6-8-15(13)21(20-17)18(22)14-10-9-12(24-2)11-16(14)25-3/h5-11H,4H2,1-3H3. The van der Waals surface area contributed by atoms with Gasteiger partial charge in [0.25, 0.3) is 5.91 Å². The number of ether oxygens (including phenoxy) is 3. The number of hydrogen-bond donors (Lipinski definition) is 0. The third kappa shape index (κ3) is 2.99. The van der Waals surface area contributed by atoms with Crippen molar-refractivity contribution in [1.82, 2.24) is 9.78 Å². The molecular formula is C19H18N2O5. The summed E-state index contributed by atoms with van der Waals surface area (Å²) in [6.07, 6.45) is 0. The Balaban J connectivity index is 2.14. The van der Waals surface area contributed by atoms with E-state index in [4.69, 9.17) is 14.2 Å². The Labute approximate surface area is 150 Å². The van der Waals surface area contributed by atoms with Crippen LogP contribution in [0, 0.1) is 0 Å². The number of para-hydroxylation sites is 1. The summed E-state index contributed by atoms with van der Waals surface area (Å²) >= 11 is 0. The van der Waals surface area contributed by atoms with Crippen molar-refractivity contribution in [2.75, 3.05) is 20.8 Å². The molecule has 134 valence electrons. The summed E-state index contributed by atoms with van der Waals surface area (Å²) in [5.74, 6) is -0.0734. The number of aromatic nitrogens is 2. The van der Waals surface area contributed by atoms with E-state index in [2.05, 4.69) is 5.10 Å². The van der Waals surface area contributed by atoms with Crippen LogP contribution in [0.1, 0.15) is 27.8 Å². The summed E-state index contributed by atoms with van der Waals surface area (Å²) in [5, 5.41) is 4.76. The minimum absolute atomic E-state index is 0.100. The fraction of sp³-hybridized carbons (Fsp3) is 0.211. The summed E-state index contributed by atoms with van der Waals surface area (Å²) in [4.78, 5) is 25.2. The molecule has 0 saturated heterocycles. The summed E-state index contributed by atoms with van der Waals surface area (Å²) in [6.45, 7) is 1.94. The lowest BCUT2D eigenvalue weighted by Crippen LogP contribution is -2.16. The topological polar surface area (TPSA) is 79.7 Å². The maximum absolute atomic E-state index is 13.1. The third-order valence-corrected chi connectivity index (χ3v) is 3.89. The zero-order valence-corrected chi connectivity index (χ0v) is 14.7. The molecule has 0 aliphatic carbocycles. The lowest BCUT2D eigenvalue weighted by Gasteiger charge is -2.10. The largest absolute Gasteiger partial charge is 0.497 e. The molecule has 3 rings (SSSR count). The van der Waals surface area contributed by atoms with E-state index in [0.29, 0.717) is 28.0 Å². The molecule has 0 bridgehead atoms. The summed E-state index contributed by atoms with van der Waals surface area (Å²) < 4.78 is 16.7. The second kappa shape index (κ2) is 7.26. The van der Waals surface area contributed by atoms with Crippen LogP contribution in [0.4, 0.5) is 0 Å². The molecule has 3 aromatic rings. The van der Waals surface area contributed by atoms with Crippen LogP contribution in [0.25, 0.3) is 10.9 Å². The van der Waals surface area contributed by atoms with Crippen LogP contribution in [0.2, 0.25) is 0 Å². The number of benzene rings is 2. The van der Waals surface area contributed by atoms with Gasteiger partial charge in [0.15, 0.2) is 5.69 Å². The molecule has 0 aliphatic rings. The molecule has 26 heavy (non-hydrogen) atoms. The lowest BCUT2D eigenvalue weighted by atomic mass is 10.1. The van der Waals surface area contributed by atoms with Crippen LogP contribution in [-0.4, -0.2) is 42.5 Å². The molecule has 1 heterocycles. The molecular weight excluding hydrogens is 336 g/mol. The van der Waals surface area contributed by atoms with E-state index in [1.807, 2.05) is 0 Å². The highest BCUT2D eigenvalue weighted by Gasteiger charge is 2.23. The van der Waals surface area contributed by atoms with Crippen molar-refractivity contribution in [3.05, 3.63) is 53.7 Å². The van der Waals surface area contributed by atoms with Gasteiger partial charge in [0.2, 0.25) is 0 Å². The lowest BCUT2D eigenvalue weighted by molar-refractivity contribution is 0.0521. The van der Waals surface area contributed by atoms with Crippen LogP contribution in [-0.2, 0) is 4.74 Å². The Morgan fingerprint density at radius 2 is 1.85 bits per heavy atom. The molecule has 7 heteroatoms. The molecule has 0 amide bonds. The Hall–Kier alpha value is -3.35. The molecule has 1 aromatic heterocycles. The van der Waals surface area contributed by atoms with E-state index in [1.54, 1.807) is 49.4 Å².